The quantitative estimate of drug-likeness (QED) is 0.117. The molecule has 14 heteroatoms. The lowest BCUT2D eigenvalue weighted by molar-refractivity contribution is -0.138. The lowest BCUT2D eigenvalue weighted by Crippen LogP contribution is -2.27. The van der Waals surface area contributed by atoms with Crippen LogP contribution < -0.4 is 5.32 Å². The van der Waals surface area contributed by atoms with Crippen LogP contribution in [0.2, 0.25) is 0 Å². The normalized spacial score (nSPS) is 14.2. The summed E-state index contributed by atoms with van der Waals surface area (Å²) in [5.41, 5.74) is 0.759. The average Bonchev–Trinajstić information content (AvgIpc) is 3.75. The molecule has 4 aromatic rings. The van der Waals surface area contributed by atoms with Gasteiger partial charge < -0.3 is 19.0 Å². The molecule has 0 bridgehead atoms. The largest absolute Gasteiger partial charge is 0.760 e. The maximum atomic E-state index is 13.6. The molecule has 232 valence electrons. The highest BCUT2D eigenvalue weighted by molar-refractivity contribution is 9.10. The number of nitrogens with zero attached hydrogens (tertiary/aromatic N) is 1. The lowest BCUT2D eigenvalue weighted by Gasteiger charge is -2.27. The first-order valence-corrected chi connectivity index (χ1v) is 15.0. The number of amides is 1. The molecule has 1 heterocycles. The van der Waals surface area contributed by atoms with E-state index >= 15 is 0 Å². The molecule has 1 aromatic heterocycles. The van der Waals surface area contributed by atoms with Gasteiger partial charge in [0.05, 0.1) is 23.8 Å². The molecule has 1 amide bonds. The number of benzene rings is 3. The molecule has 0 saturated heterocycles. The van der Waals surface area contributed by atoms with E-state index in [1.807, 2.05) is 0 Å². The standard InChI is InChI=1S/C30H25BrF4N2O6S/c1-36-28(38)25-21-12-20(15-3-4-15)18(11-23(21)43-27(25)16-5-8-19(32)9-6-16)14-37(44(40)41)13-17-7-10-22(30(33,34)35)26(31)24(17)29(39)42-2/h5-12,15H,3-4,13-14H2,1-2H3,(H,36,38)(H,40,41)/p-1. The molecule has 1 N–H and O–H groups in total. The van der Waals surface area contributed by atoms with Gasteiger partial charge in [0.15, 0.2) is 0 Å². The van der Waals surface area contributed by atoms with Crippen LogP contribution in [0.5, 0.6) is 0 Å². The number of ether oxygens (including phenoxy) is 1. The number of carbonyl (C=O) groups is 2. The number of rotatable bonds is 9. The average molecular weight is 696 g/mol. The fourth-order valence-electron chi connectivity index (χ4n) is 5.10. The van der Waals surface area contributed by atoms with Crippen LogP contribution in [-0.4, -0.2) is 39.1 Å². The number of furan rings is 1. The Bertz CT molecular complexity index is 1790. The summed E-state index contributed by atoms with van der Waals surface area (Å²) in [6.45, 7) is -0.652. The summed E-state index contributed by atoms with van der Waals surface area (Å²) in [4.78, 5) is 25.5. The summed E-state index contributed by atoms with van der Waals surface area (Å²) in [6.07, 6.45) is -3.12. The Morgan fingerprint density at radius 2 is 1.75 bits per heavy atom. The molecule has 8 nitrogen and oxygen atoms in total. The van der Waals surface area contributed by atoms with E-state index in [1.54, 1.807) is 12.1 Å². The summed E-state index contributed by atoms with van der Waals surface area (Å²) in [7, 11) is 2.48. The number of halogens is 5. The van der Waals surface area contributed by atoms with Crippen LogP contribution in [0.15, 0.2) is 57.4 Å². The Morgan fingerprint density at radius 1 is 1.09 bits per heavy atom. The number of hydrogen-bond donors (Lipinski definition) is 1. The van der Waals surface area contributed by atoms with E-state index in [-0.39, 0.29) is 34.9 Å². The predicted octanol–water partition coefficient (Wildman–Crippen LogP) is 6.84. The molecule has 44 heavy (non-hydrogen) atoms. The zero-order valence-corrected chi connectivity index (χ0v) is 25.6. The van der Waals surface area contributed by atoms with Gasteiger partial charge >= 0.3 is 12.1 Å². The fourth-order valence-corrected chi connectivity index (χ4v) is 6.36. The van der Waals surface area contributed by atoms with Crippen molar-refractivity contribution in [2.75, 3.05) is 14.2 Å². The molecule has 1 unspecified atom stereocenters. The van der Waals surface area contributed by atoms with Crippen molar-refractivity contribution in [3.05, 3.63) is 92.2 Å². The van der Waals surface area contributed by atoms with E-state index in [0.29, 0.717) is 16.5 Å². The van der Waals surface area contributed by atoms with Gasteiger partial charge in [-0.3, -0.25) is 9.00 Å². The van der Waals surface area contributed by atoms with Crippen LogP contribution in [0.25, 0.3) is 22.3 Å². The van der Waals surface area contributed by atoms with Crippen LogP contribution in [0.3, 0.4) is 0 Å². The van der Waals surface area contributed by atoms with Gasteiger partial charge in [-0.15, -0.1) is 0 Å². The Balaban J connectivity index is 1.59. The minimum absolute atomic E-state index is 0.00604. The van der Waals surface area contributed by atoms with Crippen molar-refractivity contribution in [2.24, 2.45) is 0 Å². The minimum atomic E-state index is -4.78. The van der Waals surface area contributed by atoms with E-state index in [4.69, 9.17) is 9.15 Å². The van der Waals surface area contributed by atoms with Gasteiger partial charge in [0.2, 0.25) is 0 Å². The molecular weight excluding hydrogens is 672 g/mol. The van der Waals surface area contributed by atoms with Gasteiger partial charge in [-0.2, -0.15) is 13.2 Å². The van der Waals surface area contributed by atoms with Gasteiger partial charge in [-0.1, -0.05) is 6.07 Å². The van der Waals surface area contributed by atoms with E-state index in [9.17, 15) is 35.9 Å². The molecule has 1 saturated carbocycles. The molecule has 1 atom stereocenters. The summed E-state index contributed by atoms with van der Waals surface area (Å²) in [5, 5.41) is 3.09. The minimum Gasteiger partial charge on any atom is -0.760 e. The van der Waals surface area contributed by atoms with Gasteiger partial charge in [-0.05, 0) is 93.8 Å². The maximum absolute atomic E-state index is 13.6. The second kappa shape index (κ2) is 12.4. The Labute approximate surface area is 259 Å². The van der Waals surface area contributed by atoms with Crippen molar-refractivity contribution >= 4 is 50.0 Å². The number of carbonyl (C=O) groups excluding carboxylic acids is 2. The smallest absolute Gasteiger partial charge is 0.417 e. The molecular formula is C30H24BrF4N2O6S-. The number of esters is 1. The number of methoxy groups -OCH3 is 1. The van der Waals surface area contributed by atoms with Crippen LogP contribution in [-0.2, 0) is 35.3 Å². The second-order valence-electron chi connectivity index (χ2n) is 10.2. The van der Waals surface area contributed by atoms with Gasteiger partial charge in [-0.25, -0.2) is 13.5 Å². The monoisotopic (exact) mass is 695 g/mol. The molecule has 0 spiro atoms. The number of fused-ring (bicyclic) bond motifs is 1. The first-order valence-electron chi connectivity index (χ1n) is 13.2. The van der Waals surface area contributed by atoms with Crippen molar-refractivity contribution in [1.29, 1.82) is 0 Å². The predicted molar refractivity (Wildman–Crippen MR) is 156 cm³/mol. The van der Waals surface area contributed by atoms with Gasteiger partial charge in [0, 0.05) is 46.8 Å². The second-order valence-corrected chi connectivity index (χ2v) is 11.9. The maximum Gasteiger partial charge on any atom is 0.417 e. The number of alkyl halides is 3. The highest BCUT2D eigenvalue weighted by Crippen LogP contribution is 2.45. The van der Waals surface area contributed by atoms with Crippen molar-refractivity contribution in [1.82, 2.24) is 9.62 Å². The molecule has 0 radical (unpaired) electrons. The van der Waals surface area contributed by atoms with Gasteiger partial charge in [0.25, 0.3) is 5.91 Å². The molecule has 1 fully saturated rings. The molecule has 5 rings (SSSR count). The first kappa shape index (κ1) is 31.8. The van der Waals surface area contributed by atoms with Crippen LogP contribution in [0.1, 0.15) is 61.7 Å². The van der Waals surface area contributed by atoms with Crippen molar-refractivity contribution in [3.63, 3.8) is 0 Å². The van der Waals surface area contributed by atoms with E-state index < -0.39 is 57.3 Å². The number of nitrogens with one attached hydrogen (secondary N) is 1. The topological polar surface area (TPSA) is 112 Å². The van der Waals surface area contributed by atoms with Crippen LogP contribution in [0.4, 0.5) is 17.6 Å². The van der Waals surface area contributed by atoms with Crippen molar-refractivity contribution < 1.29 is 45.1 Å². The van der Waals surface area contributed by atoms with Crippen LogP contribution >= 0.6 is 15.9 Å². The van der Waals surface area contributed by atoms with Crippen molar-refractivity contribution in [2.45, 2.75) is 38.0 Å². The Morgan fingerprint density at radius 3 is 2.32 bits per heavy atom. The number of hydrogen-bond acceptors (Lipinski definition) is 6. The molecule has 1 aliphatic carbocycles. The third kappa shape index (κ3) is 6.29. The molecule has 3 aromatic carbocycles. The first-order chi connectivity index (χ1) is 20.8. The van der Waals surface area contributed by atoms with E-state index in [0.717, 1.165) is 42.0 Å². The third-order valence-corrected chi connectivity index (χ3v) is 8.86. The van der Waals surface area contributed by atoms with E-state index in [1.165, 1.54) is 31.3 Å². The SMILES string of the molecule is CNC(=O)c1c(-c2ccc(F)cc2)oc2cc(CN(Cc3ccc(C(F)(F)F)c(Br)c3C(=O)OC)S(=O)[O-])c(C3CC3)cc12. The zero-order valence-electron chi connectivity index (χ0n) is 23.2. The highest BCUT2D eigenvalue weighted by atomic mass is 79.9. The Kier molecular flexibility index (Phi) is 8.99. The van der Waals surface area contributed by atoms with Crippen molar-refractivity contribution in [3.8, 4) is 11.3 Å². The summed E-state index contributed by atoms with van der Waals surface area (Å²) in [6, 6.07) is 10.6. The zero-order chi connectivity index (χ0) is 31.9. The molecule has 1 aliphatic rings. The Hall–Kier alpha value is -3.59. The molecule has 0 aliphatic heterocycles. The summed E-state index contributed by atoms with van der Waals surface area (Å²) < 4.78 is 90.4. The van der Waals surface area contributed by atoms with Crippen LogP contribution in [0, 0.1) is 5.82 Å². The summed E-state index contributed by atoms with van der Waals surface area (Å²) in [5.74, 6) is -1.67. The third-order valence-electron chi connectivity index (χ3n) is 7.35. The van der Waals surface area contributed by atoms with Gasteiger partial charge in [0.1, 0.15) is 17.2 Å². The van der Waals surface area contributed by atoms with E-state index in [2.05, 4.69) is 21.2 Å². The lowest BCUT2D eigenvalue weighted by atomic mass is 9.97. The highest BCUT2D eigenvalue weighted by Gasteiger charge is 2.36. The summed E-state index contributed by atoms with van der Waals surface area (Å²) >= 11 is -0.00830. The fraction of sp³-hybridized carbons (Fsp3) is 0.267.